The summed E-state index contributed by atoms with van der Waals surface area (Å²) >= 11 is 0. The fourth-order valence-electron chi connectivity index (χ4n) is 3.33. The molecule has 0 spiro atoms. The van der Waals surface area contributed by atoms with Gasteiger partial charge >= 0.3 is 12.0 Å². The zero-order valence-electron chi connectivity index (χ0n) is 11.8. The van der Waals surface area contributed by atoms with E-state index in [0.717, 1.165) is 13.1 Å². The Morgan fingerprint density at radius 1 is 1.26 bits per heavy atom. The van der Waals surface area contributed by atoms with E-state index in [4.69, 9.17) is 5.11 Å². The van der Waals surface area contributed by atoms with Crippen LogP contribution in [-0.2, 0) is 4.79 Å². The van der Waals surface area contributed by atoms with Gasteiger partial charge in [0.15, 0.2) is 0 Å². The maximum atomic E-state index is 12.1. The third kappa shape index (κ3) is 3.39. The lowest BCUT2D eigenvalue weighted by atomic mass is 10.0. The molecule has 1 saturated heterocycles. The van der Waals surface area contributed by atoms with Crippen LogP contribution in [0.3, 0.4) is 0 Å². The molecule has 1 saturated carbocycles. The molecule has 5 nitrogen and oxygen atoms in total. The molecule has 2 rings (SSSR count). The summed E-state index contributed by atoms with van der Waals surface area (Å²) < 4.78 is 0. The van der Waals surface area contributed by atoms with Crippen LogP contribution in [0.1, 0.15) is 39.5 Å². The number of fused-ring (bicyclic) bond motifs is 1. The number of carbonyl (C=O) groups is 2. The fraction of sp³-hybridized carbons (Fsp3) is 0.857. The Hall–Kier alpha value is -1.26. The molecule has 2 fully saturated rings. The SMILES string of the molecule is CC(C)C[C@H](NC(=O)N1CC2CCCC2C1)C(=O)O. The van der Waals surface area contributed by atoms with Crippen molar-refractivity contribution >= 4 is 12.0 Å². The fourth-order valence-corrected chi connectivity index (χ4v) is 3.33. The molecule has 19 heavy (non-hydrogen) atoms. The van der Waals surface area contributed by atoms with Gasteiger partial charge in [-0.05, 0) is 37.0 Å². The second kappa shape index (κ2) is 5.80. The average molecular weight is 268 g/mol. The van der Waals surface area contributed by atoms with Gasteiger partial charge in [0.1, 0.15) is 6.04 Å². The summed E-state index contributed by atoms with van der Waals surface area (Å²) in [6.07, 6.45) is 4.17. The highest BCUT2D eigenvalue weighted by molar-refractivity contribution is 5.82. The van der Waals surface area contributed by atoms with Crippen molar-refractivity contribution in [2.75, 3.05) is 13.1 Å². The molecular weight excluding hydrogens is 244 g/mol. The lowest BCUT2D eigenvalue weighted by Crippen LogP contribution is -2.48. The standard InChI is InChI=1S/C14H24N2O3/c1-9(2)6-12(13(17)18)15-14(19)16-7-10-4-3-5-11(10)8-16/h9-12H,3-8H2,1-2H3,(H,15,19)(H,17,18)/t10?,11?,12-/m0/s1. The molecule has 1 aliphatic heterocycles. The van der Waals surface area contributed by atoms with Crippen molar-refractivity contribution < 1.29 is 14.7 Å². The minimum Gasteiger partial charge on any atom is -0.480 e. The highest BCUT2D eigenvalue weighted by atomic mass is 16.4. The molecule has 0 aromatic rings. The van der Waals surface area contributed by atoms with Crippen molar-refractivity contribution in [3.63, 3.8) is 0 Å². The van der Waals surface area contributed by atoms with Crippen molar-refractivity contribution in [2.24, 2.45) is 17.8 Å². The zero-order chi connectivity index (χ0) is 14.0. The number of urea groups is 1. The lowest BCUT2D eigenvalue weighted by molar-refractivity contribution is -0.139. The topological polar surface area (TPSA) is 69.6 Å². The summed E-state index contributed by atoms with van der Waals surface area (Å²) in [6, 6.07) is -0.976. The molecule has 3 atom stereocenters. The van der Waals surface area contributed by atoms with Gasteiger partial charge in [-0.25, -0.2) is 9.59 Å². The Labute approximate surface area is 114 Å². The number of carboxylic acids is 1. The third-order valence-electron chi connectivity index (χ3n) is 4.32. The van der Waals surface area contributed by atoms with Crippen molar-refractivity contribution in [1.29, 1.82) is 0 Å². The summed E-state index contributed by atoms with van der Waals surface area (Å²) in [5.41, 5.74) is 0. The van der Waals surface area contributed by atoms with E-state index in [1.54, 1.807) is 4.90 Å². The molecule has 108 valence electrons. The molecule has 0 aromatic carbocycles. The van der Waals surface area contributed by atoms with Crippen molar-refractivity contribution in [1.82, 2.24) is 10.2 Å². The van der Waals surface area contributed by atoms with Gasteiger partial charge in [0, 0.05) is 13.1 Å². The van der Waals surface area contributed by atoms with Crippen LogP contribution in [0.2, 0.25) is 0 Å². The van der Waals surface area contributed by atoms with Crippen LogP contribution in [0, 0.1) is 17.8 Å². The molecule has 0 aromatic heterocycles. The minimum absolute atomic E-state index is 0.206. The summed E-state index contributed by atoms with van der Waals surface area (Å²) in [5.74, 6) is 0.582. The molecule has 0 bridgehead atoms. The van der Waals surface area contributed by atoms with E-state index in [1.165, 1.54) is 19.3 Å². The third-order valence-corrected chi connectivity index (χ3v) is 4.32. The van der Waals surface area contributed by atoms with Gasteiger partial charge in [0.25, 0.3) is 0 Å². The Balaban J connectivity index is 1.87. The van der Waals surface area contributed by atoms with E-state index in [0.29, 0.717) is 18.3 Å². The highest BCUT2D eigenvalue weighted by Gasteiger charge is 2.38. The smallest absolute Gasteiger partial charge is 0.326 e. The summed E-state index contributed by atoms with van der Waals surface area (Å²) in [6.45, 7) is 5.51. The molecule has 0 radical (unpaired) electrons. The number of rotatable bonds is 4. The van der Waals surface area contributed by atoms with Crippen LogP contribution in [0.25, 0.3) is 0 Å². The van der Waals surface area contributed by atoms with E-state index in [2.05, 4.69) is 5.32 Å². The second-order valence-corrected chi connectivity index (χ2v) is 6.33. The normalized spacial score (nSPS) is 27.4. The maximum absolute atomic E-state index is 12.1. The van der Waals surface area contributed by atoms with Crippen LogP contribution in [0.5, 0.6) is 0 Å². The molecule has 2 amide bonds. The number of hydrogen-bond acceptors (Lipinski definition) is 2. The number of carboxylic acid groups (broad SMARTS) is 1. The largest absolute Gasteiger partial charge is 0.480 e. The Morgan fingerprint density at radius 2 is 1.84 bits per heavy atom. The Bertz CT molecular complexity index is 345. The predicted molar refractivity (Wildman–Crippen MR) is 71.8 cm³/mol. The first-order valence-electron chi connectivity index (χ1n) is 7.25. The predicted octanol–water partition coefficient (Wildman–Crippen LogP) is 1.93. The second-order valence-electron chi connectivity index (χ2n) is 6.33. The molecule has 2 unspecified atom stereocenters. The van der Waals surface area contributed by atoms with Crippen LogP contribution < -0.4 is 5.32 Å². The molecule has 2 N–H and O–H groups in total. The van der Waals surface area contributed by atoms with Gasteiger partial charge in [-0.2, -0.15) is 0 Å². The van der Waals surface area contributed by atoms with Gasteiger partial charge in [-0.15, -0.1) is 0 Å². The van der Waals surface area contributed by atoms with Gasteiger partial charge in [-0.1, -0.05) is 20.3 Å². The zero-order valence-corrected chi connectivity index (χ0v) is 11.8. The molecule has 2 aliphatic rings. The van der Waals surface area contributed by atoms with Crippen LogP contribution in [0.15, 0.2) is 0 Å². The molecule has 1 aliphatic carbocycles. The van der Waals surface area contributed by atoms with Crippen molar-refractivity contribution in [3.05, 3.63) is 0 Å². The van der Waals surface area contributed by atoms with Gasteiger partial charge in [0.2, 0.25) is 0 Å². The summed E-state index contributed by atoms with van der Waals surface area (Å²) in [5, 5.41) is 11.8. The first kappa shape index (κ1) is 14.2. The van der Waals surface area contributed by atoms with E-state index in [-0.39, 0.29) is 11.9 Å². The van der Waals surface area contributed by atoms with Gasteiger partial charge in [0.05, 0.1) is 0 Å². The first-order valence-corrected chi connectivity index (χ1v) is 7.25. The van der Waals surface area contributed by atoms with Crippen LogP contribution in [0.4, 0.5) is 4.79 Å². The number of amides is 2. The average Bonchev–Trinajstić information content (AvgIpc) is 2.86. The van der Waals surface area contributed by atoms with Gasteiger partial charge < -0.3 is 15.3 Å². The van der Waals surface area contributed by atoms with Crippen LogP contribution in [-0.4, -0.2) is 41.1 Å². The summed E-state index contributed by atoms with van der Waals surface area (Å²) in [7, 11) is 0. The van der Waals surface area contributed by atoms with Gasteiger partial charge in [-0.3, -0.25) is 0 Å². The minimum atomic E-state index is -0.943. The molecule has 1 heterocycles. The van der Waals surface area contributed by atoms with Crippen molar-refractivity contribution in [3.8, 4) is 0 Å². The van der Waals surface area contributed by atoms with E-state index < -0.39 is 12.0 Å². The number of hydrogen-bond donors (Lipinski definition) is 2. The monoisotopic (exact) mass is 268 g/mol. The van der Waals surface area contributed by atoms with Crippen molar-refractivity contribution in [2.45, 2.75) is 45.6 Å². The lowest BCUT2D eigenvalue weighted by Gasteiger charge is -2.22. The Morgan fingerprint density at radius 3 is 2.32 bits per heavy atom. The number of nitrogens with zero attached hydrogens (tertiary/aromatic N) is 1. The molecular formula is C14H24N2O3. The first-order chi connectivity index (χ1) is 8.97. The number of likely N-dealkylation sites (tertiary alicyclic amines) is 1. The number of aliphatic carboxylic acids is 1. The van der Waals surface area contributed by atoms with E-state index >= 15 is 0 Å². The van der Waals surface area contributed by atoms with E-state index in [9.17, 15) is 9.59 Å². The Kier molecular flexibility index (Phi) is 4.32. The van der Waals surface area contributed by atoms with Crippen LogP contribution >= 0.6 is 0 Å². The highest BCUT2D eigenvalue weighted by Crippen LogP contribution is 2.37. The maximum Gasteiger partial charge on any atom is 0.326 e. The quantitative estimate of drug-likeness (QED) is 0.818. The summed E-state index contributed by atoms with van der Waals surface area (Å²) in [4.78, 5) is 25.1. The van der Waals surface area contributed by atoms with E-state index in [1.807, 2.05) is 13.8 Å². The number of nitrogens with one attached hydrogen (secondary N) is 1. The molecule has 5 heteroatoms. The number of carbonyl (C=O) groups excluding carboxylic acids is 1.